The molecule has 2 aliphatic rings. The number of hydrogen-bond donors (Lipinski definition) is 2. The Kier molecular flexibility index (Phi) is 4.77. The smallest absolute Gasteiger partial charge is 0.325 e. The fourth-order valence-electron chi connectivity index (χ4n) is 2.93. The maximum atomic E-state index is 12.4. The van der Waals surface area contributed by atoms with Crippen LogP contribution in [0.15, 0.2) is 29.3 Å². The number of aliphatic hydroxyl groups is 1. The van der Waals surface area contributed by atoms with E-state index in [4.69, 9.17) is 5.11 Å². The van der Waals surface area contributed by atoms with E-state index in [1.54, 1.807) is 7.05 Å². The minimum absolute atomic E-state index is 0.0261. The van der Waals surface area contributed by atoms with Gasteiger partial charge in [0, 0.05) is 19.3 Å². The summed E-state index contributed by atoms with van der Waals surface area (Å²) in [5.74, 6) is 0.154. The standard InChI is InChI=1S/C16H20N4O3S/c1-10-4-3-5-11(8-10)9-20-12-13(17-16(20)24-7-6-21)19(2)15(23)18-14(12)22/h3-5,8,12-13,21H,6-7,9H2,1-2H3,(H,18,22,23). The molecule has 0 aliphatic carbocycles. The summed E-state index contributed by atoms with van der Waals surface area (Å²) in [5, 5.41) is 12.2. The normalized spacial score (nSPS) is 23.2. The van der Waals surface area contributed by atoms with E-state index in [0.29, 0.717) is 17.5 Å². The van der Waals surface area contributed by atoms with Crippen molar-refractivity contribution in [3.8, 4) is 0 Å². The number of nitrogens with one attached hydrogen (secondary N) is 1. The number of carbonyl (C=O) groups is 2. The molecule has 1 aromatic rings. The maximum Gasteiger partial charge on any atom is 0.325 e. The molecule has 2 atom stereocenters. The van der Waals surface area contributed by atoms with Gasteiger partial charge in [0.05, 0.1) is 6.61 Å². The number of fused-ring (bicyclic) bond motifs is 1. The van der Waals surface area contributed by atoms with E-state index >= 15 is 0 Å². The summed E-state index contributed by atoms with van der Waals surface area (Å²) in [5.41, 5.74) is 2.21. The van der Waals surface area contributed by atoms with Crippen molar-refractivity contribution < 1.29 is 14.7 Å². The van der Waals surface area contributed by atoms with E-state index in [0.717, 1.165) is 11.1 Å². The molecule has 7 nitrogen and oxygen atoms in total. The number of imide groups is 1. The lowest BCUT2D eigenvalue weighted by Crippen LogP contribution is -2.63. The van der Waals surface area contributed by atoms with E-state index < -0.39 is 18.2 Å². The average Bonchev–Trinajstić information content (AvgIpc) is 2.90. The van der Waals surface area contributed by atoms with Gasteiger partial charge in [-0.1, -0.05) is 41.6 Å². The number of urea groups is 1. The van der Waals surface area contributed by atoms with Crippen LogP contribution in [0.2, 0.25) is 0 Å². The number of aliphatic imine (C=N–C) groups is 1. The Balaban J connectivity index is 1.90. The van der Waals surface area contributed by atoms with Crippen LogP contribution in [0.4, 0.5) is 4.79 Å². The molecule has 1 aromatic carbocycles. The number of nitrogens with zero attached hydrogens (tertiary/aromatic N) is 3. The molecule has 0 aromatic heterocycles. The summed E-state index contributed by atoms with van der Waals surface area (Å²) < 4.78 is 0. The molecule has 2 unspecified atom stereocenters. The molecule has 3 rings (SSSR count). The van der Waals surface area contributed by atoms with E-state index in [1.165, 1.54) is 16.7 Å². The molecule has 8 heteroatoms. The van der Waals surface area contributed by atoms with Crippen LogP contribution in [0, 0.1) is 6.92 Å². The highest BCUT2D eigenvalue weighted by atomic mass is 32.2. The Morgan fingerprint density at radius 1 is 1.38 bits per heavy atom. The third-order valence-electron chi connectivity index (χ3n) is 4.08. The maximum absolute atomic E-state index is 12.4. The quantitative estimate of drug-likeness (QED) is 0.839. The van der Waals surface area contributed by atoms with Crippen LogP contribution in [0.1, 0.15) is 11.1 Å². The van der Waals surface area contributed by atoms with Gasteiger partial charge >= 0.3 is 6.03 Å². The van der Waals surface area contributed by atoms with Gasteiger partial charge in [0.25, 0.3) is 5.91 Å². The molecule has 128 valence electrons. The number of benzene rings is 1. The summed E-state index contributed by atoms with van der Waals surface area (Å²) in [6, 6.07) is 7.09. The van der Waals surface area contributed by atoms with Crippen molar-refractivity contribution in [2.45, 2.75) is 25.7 Å². The topological polar surface area (TPSA) is 85.2 Å². The van der Waals surface area contributed by atoms with Gasteiger partial charge in [-0.05, 0) is 12.5 Å². The lowest BCUT2D eigenvalue weighted by atomic mass is 10.1. The largest absolute Gasteiger partial charge is 0.396 e. The van der Waals surface area contributed by atoms with E-state index in [-0.39, 0.29) is 12.5 Å². The van der Waals surface area contributed by atoms with Crippen LogP contribution in [0.25, 0.3) is 0 Å². The van der Waals surface area contributed by atoms with Crippen LogP contribution in [0.3, 0.4) is 0 Å². The van der Waals surface area contributed by atoms with Crippen molar-refractivity contribution in [3.63, 3.8) is 0 Å². The van der Waals surface area contributed by atoms with Gasteiger partial charge in [-0.15, -0.1) is 0 Å². The lowest BCUT2D eigenvalue weighted by Gasteiger charge is -2.36. The first-order valence-electron chi connectivity index (χ1n) is 7.72. The molecule has 2 heterocycles. The minimum atomic E-state index is -0.547. The summed E-state index contributed by atoms with van der Waals surface area (Å²) in [6.07, 6.45) is -0.530. The number of hydrogen-bond acceptors (Lipinski definition) is 6. The van der Waals surface area contributed by atoms with Crippen molar-refractivity contribution >= 4 is 28.9 Å². The predicted octanol–water partition coefficient (Wildman–Crippen LogP) is 0.768. The molecule has 1 saturated heterocycles. The van der Waals surface area contributed by atoms with Gasteiger partial charge < -0.3 is 14.9 Å². The first-order valence-corrected chi connectivity index (χ1v) is 8.71. The second kappa shape index (κ2) is 6.82. The highest BCUT2D eigenvalue weighted by Crippen LogP contribution is 2.29. The zero-order valence-corrected chi connectivity index (χ0v) is 14.4. The fraction of sp³-hybridized carbons (Fsp3) is 0.438. The highest BCUT2D eigenvalue weighted by molar-refractivity contribution is 8.13. The van der Waals surface area contributed by atoms with Gasteiger partial charge in [-0.2, -0.15) is 0 Å². The van der Waals surface area contributed by atoms with Gasteiger partial charge in [0.1, 0.15) is 0 Å². The van der Waals surface area contributed by atoms with E-state index in [9.17, 15) is 9.59 Å². The second-order valence-electron chi connectivity index (χ2n) is 5.86. The van der Waals surface area contributed by atoms with Crippen LogP contribution in [0.5, 0.6) is 0 Å². The molecule has 2 aliphatic heterocycles. The molecular formula is C16H20N4O3S. The van der Waals surface area contributed by atoms with Crippen LogP contribution in [-0.2, 0) is 11.3 Å². The van der Waals surface area contributed by atoms with Crippen LogP contribution < -0.4 is 5.32 Å². The zero-order chi connectivity index (χ0) is 17.3. The predicted molar refractivity (Wildman–Crippen MR) is 92.6 cm³/mol. The first kappa shape index (κ1) is 16.8. The second-order valence-corrected chi connectivity index (χ2v) is 6.93. The molecule has 0 bridgehead atoms. The Morgan fingerprint density at radius 2 is 2.17 bits per heavy atom. The summed E-state index contributed by atoms with van der Waals surface area (Å²) in [6.45, 7) is 2.57. The Morgan fingerprint density at radius 3 is 2.88 bits per heavy atom. The number of likely N-dealkylation sites (N-methyl/N-ethyl adjacent to an activating group) is 1. The molecule has 3 amide bonds. The molecule has 2 N–H and O–H groups in total. The molecule has 0 saturated carbocycles. The van der Waals surface area contributed by atoms with Gasteiger partial charge in [-0.3, -0.25) is 10.1 Å². The average molecular weight is 348 g/mol. The minimum Gasteiger partial charge on any atom is -0.396 e. The third kappa shape index (κ3) is 3.11. The molecule has 0 radical (unpaired) electrons. The fourth-order valence-corrected chi connectivity index (χ4v) is 3.73. The molecular weight excluding hydrogens is 328 g/mol. The zero-order valence-electron chi connectivity index (χ0n) is 13.6. The van der Waals surface area contributed by atoms with Gasteiger partial charge in [0.2, 0.25) is 0 Å². The summed E-state index contributed by atoms with van der Waals surface area (Å²) >= 11 is 1.39. The SMILES string of the molecule is Cc1cccc(CN2C(SCCO)=NC3C2C(=O)NC(=O)N3C)c1. The van der Waals surface area contributed by atoms with E-state index in [1.807, 2.05) is 30.0 Å². The Labute approximate surface area is 144 Å². The number of amides is 3. The van der Waals surface area contributed by atoms with E-state index in [2.05, 4.69) is 16.4 Å². The summed E-state index contributed by atoms with van der Waals surface area (Å²) in [7, 11) is 1.63. The number of carbonyl (C=O) groups excluding carboxylic acids is 2. The molecule has 0 spiro atoms. The highest BCUT2D eigenvalue weighted by Gasteiger charge is 2.48. The number of rotatable bonds is 4. The summed E-state index contributed by atoms with van der Waals surface area (Å²) in [4.78, 5) is 32.2. The first-order chi connectivity index (χ1) is 11.5. The van der Waals surface area contributed by atoms with Gasteiger partial charge in [-0.25, -0.2) is 9.79 Å². The monoisotopic (exact) mass is 348 g/mol. The van der Waals surface area contributed by atoms with Crippen molar-refractivity contribution in [1.82, 2.24) is 15.1 Å². The lowest BCUT2D eigenvalue weighted by molar-refractivity contribution is -0.127. The number of aliphatic hydroxyl groups excluding tert-OH is 1. The molecule has 24 heavy (non-hydrogen) atoms. The van der Waals surface area contributed by atoms with Crippen molar-refractivity contribution in [1.29, 1.82) is 0 Å². The van der Waals surface area contributed by atoms with Crippen molar-refractivity contribution in [2.24, 2.45) is 4.99 Å². The van der Waals surface area contributed by atoms with Crippen molar-refractivity contribution in [3.05, 3.63) is 35.4 Å². The number of aryl methyl sites for hydroxylation is 1. The van der Waals surface area contributed by atoms with Crippen LogP contribution in [-0.4, -0.2) is 63.6 Å². The Bertz CT molecular complexity index is 694. The van der Waals surface area contributed by atoms with Crippen molar-refractivity contribution in [2.75, 3.05) is 19.4 Å². The third-order valence-corrected chi connectivity index (χ3v) is 5.07. The number of thioether (sulfide) groups is 1. The number of amidine groups is 1. The molecule has 1 fully saturated rings. The van der Waals surface area contributed by atoms with Crippen LogP contribution >= 0.6 is 11.8 Å². The van der Waals surface area contributed by atoms with Gasteiger partial charge in [0.15, 0.2) is 17.4 Å². The Hall–Kier alpha value is -2.06.